The standard InChI is InChI=1S/C25H18ClFN4O3/c1-30-20-6-4-3-5-17(20)21-22(24(32)28-19-12-7-14(27)13-18(19)26)29-31(25(33)23(21)30)15-8-10-16(34-2)11-9-15/h3-13H,1-2H3,(H,28,32). The van der Waals surface area contributed by atoms with Crippen LogP contribution in [0.15, 0.2) is 71.5 Å². The molecule has 0 bridgehead atoms. The Hall–Kier alpha value is -4.17. The maximum absolute atomic E-state index is 13.6. The Bertz CT molecular complexity index is 1640. The van der Waals surface area contributed by atoms with Gasteiger partial charge in [0.25, 0.3) is 11.5 Å². The quantitative estimate of drug-likeness (QED) is 0.399. The average molecular weight is 477 g/mol. The van der Waals surface area contributed by atoms with Crippen LogP contribution in [0, 0.1) is 5.82 Å². The van der Waals surface area contributed by atoms with Crippen LogP contribution in [0.2, 0.25) is 5.02 Å². The molecule has 0 aliphatic rings. The van der Waals surface area contributed by atoms with Crippen molar-refractivity contribution in [1.29, 1.82) is 0 Å². The number of anilines is 1. The second-order valence-electron chi connectivity index (χ2n) is 7.64. The van der Waals surface area contributed by atoms with Gasteiger partial charge < -0.3 is 14.6 Å². The zero-order valence-corrected chi connectivity index (χ0v) is 18.9. The lowest BCUT2D eigenvalue weighted by atomic mass is 10.1. The van der Waals surface area contributed by atoms with Gasteiger partial charge in [0.2, 0.25) is 0 Å². The Balaban J connectivity index is 1.78. The molecule has 170 valence electrons. The van der Waals surface area contributed by atoms with Crippen LogP contribution < -0.4 is 15.6 Å². The molecular formula is C25H18ClFN4O3. The first-order valence-electron chi connectivity index (χ1n) is 10.3. The number of fused-ring (bicyclic) bond motifs is 3. The minimum Gasteiger partial charge on any atom is -0.497 e. The fourth-order valence-corrected chi connectivity index (χ4v) is 4.22. The number of benzene rings is 3. The number of aryl methyl sites for hydroxylation is 1. The van der Waals surface area contributed by atoms with Crippen molar-refractivity contribution < 1.29 is 13.9 Å². The number of halogens is 2. The summed E-state index contributed by atoms with van der Waals surface area (Å²) in [5, 5.41) is 8.32. The molecule has 5 rings (SSSR count). The minimum atomic E-state index is -0.586. The maximum atomic E-state index is 13.6. The number of methoxy groups -OCH3 is 1. The monoisotopic (exact) mass is 476 g/mol. The number of amides is 1. The van der Waals surface area contributed by atoms with Crippen LogP contribution in [0.4, 0.5) is 10.1 Å². The molecule has 34 heavy (non-hydrogen) atoms. The normalized spacial score (nSPS) is 11.2. The minimum absolute atomic E-state index is 0.0302. The summed E-state index contributed by atoms with van der Waals surface area (Å²) in [5.41, 5.74) is 1.44. The lowest BCUT2D eigenvalue weighted by molar-refractivity contribution is 0.102. The first kappa shape index (κ1) is 21.7. The van der Waals surface area contributed by atoms with E-state index in [1.807, 2.05) is 24.3 Å². The topological polar surface area (TPSA) is 78.2 Å². The predicted octanol–water partition coefficient (Wildman–Crippen LogP) is 4.93. The number of ether oxygens (including phenoxy) is 1. The first-order chi connectivity index (χ1) is 16.4. The molecular weight excluding hydrogens is 459 g/mol. The second-order valence-corrected chi connectivity index (χ2v) is 8.05. The largest absolute Gasteiger partial charge is 0.497 e. The van der Waals surface area contributed by atoms with Gasteiger partial charge in [0, 0.05) is 23.3 Å². The van der Waals surface area contributed by atoms with E-state index in [2.05, 4.69) is 10.4 Å². The van der Waals surface area contributed by atoms with Gasteiger partial charge in [-0.15, -0.1) is 0 Å². The SMILES string of the molecule is COc1ccc(-n2nc(C(=O)Nc3ccc(F)cc3Cl)c3c4ccccc4n(C)c3c2=O)cc1. The molecule has 9 heteroatoms. The zero-order valence-electron chi connectivity index (χ0n) is 18.2. The third-order valence-corrected chi connectivity index (χ3v) is 5.96. The number of nitrogens with one attached hydrogen (secondary N) is 1. The van der Waals surface area contributed by atoms with Gasteiger partial charge in [-0.1, -0.05) is 29.8 Å². The number of carbonyl (C=O) groups excluding carboxylic acids is 1. The Morgan fingerprint density at radius 1 is 1.09 bits per heavy atom. The van der Waals surface area contributed by atoms with E-state index in [9.17, 15) is 14.0 Å². The molecule has 7 nitrogen and oxygen atoms in total. The van der Waals surface area contributed by atoms with Crippen molar-refractivity contribution in [2.45, 2.75) is 0 Å². The molecule has 2 aromatic heterocycles. The number of hydrogen-bond acceptors (Lipinski definition) is 4. The van der Waals surface area contributed by atoms with E-state index >= 15 is 0 Å². The van der Waals surface area contributed by atoms with Gasteiger partial charge in [-0.25, -0.2) is 4.39 Å². The Morgan fingerprint density at radius 2 is 1.82 bits per heavy atom. The van der Waals surface area contributed by atoms with E-state index in [0.29, 0.717) is 27.7 Å². The van der Waals surface area contributed by atoms with Gasteiger partial charge in [-0.05, 0) is 48.5 Å². The van der Waals surface area contributed by atoms with Crippen molar-refractivity contribution in [1.82, 2.24) is 14.3 Å². The molecule has 0 fully saturated rings. The lowest BCUT2D eigenvalue weighted by Crippen LogP contribution is -2.27. The number of hydrogen-bond donors (Lipinski definition) is 1. The molecule has 0 aliphatic carbocycles. The highest BCUT2D eigenvalue weighted by atomic mass is 35.5. The van der Waals surface area contributed by atoms with Crippen molar-refractivity contribution in [3.8, 4) is 11.4 Å². The van der Waals surface area contributed by atoms with Crippen molar-refractivity contribution >= 4 is 45.0 Å². The third-order valence-electron chi connectivity index (χ3n) is 5.65. The molecule has 0 atom stereocenters. The zero-order chi connectivity index (χ0) is 24.0. The van der Waals surface area contributed by atoms with Crippen molar-refractivity contribution in [3.05, 3.63) is 93.6 Å². The van der Waals surface area contributed by atoms with Crippen LogP contribution in [-0.2, 0) is 7.05 Å². The Labute approximate surface area is 197 Å². The number of para-hydroxylation sites is 1. The van der Waals surface area contributed by atoms with E-state index in [1.165, 1.54) is 16.8 Å². The van der Waals surface area contributed by atoms with Gasteiger partial charge in [-0.2, -0.15) is 9.78 Å². The molecule has 0 saturated heterocycles. The lowest BCUT2D eigenvalue weighted by Gasteiger charge is -2.12. The molecule has 0 radical (unpaired) electrons. The first-order valence-corrected chi connectivity index (χ1v) is 10.7. The van der Waals surface area contributed by atoms with Gasteiger partial charge >= 0.3 is 0 Å². The molecule has 0 spiro atoms. The highest BCUT2D eigenvalue weighted by molar-refractivity contribution is 6.34. The van der Waals surface area contributed by atoms with Gasteiger partial charge in [0.05, 0.1) is 23.5 Å². The van der Waals surface area contributed by atoms with Crippen LogP contribution in [-0.4, -0.2) is 27.4 Å². The van der Waals surface area contributed by atoms with Crippen molar-refractivity contribution in [3.63, 3.8) is 0 Å². The fraction of sp³-hybridized carbons (Fsp3) is 0.0800. The maximum Gasteiger partial charge on any atom is 0.296 e. The molecule has 1 N–H and O–H groups in total. The predicted molar refractivity (Wildman–Crippen MR) is 130 cm³/mol. The molecule has 0 aliphatic heterocycles. The summed E-state index contributed by atoms with van der Waals surface area (Å²) in [6.07, 6.45) is 0. The highest BCUT2D eigenvalue weighted by Crippen LogP contribution is 2.30. The van der Waals surface area contributed by atoms with Crippen LogP contribution in [0.1, 0.15) is 10.5 Å². The van der Waals surface area contributed by atoms with Crippen molar-refractivity contribution in [2.75, 3.05) is 12.4 Å². The second kappa shape index (κ2) is 8.31. The van der Waals surface area contributed by atoms with Crippen LogP contribution >= 0.6 is 11.6 Å². The summed E-state index contributed by atoms with van der Waals surface area (Å²) in [6, 6.07) is 17.8. The number of nitrogens with zero attached hydrogens (tertiary/aromatic N) is 3. The number of aromatic nitrogens is 3. The van der Waals surface area contributed by atoms with E-state index < -0.39 is 11.7 Å². The van der Waals surface area contributed by atoms with Gasteiger partial charge in [0.15, 0.2) is 5.69 Å². The number of carbonyl (C=O) groups is 1. The highest BCUT2D eigenvalue weighted by Gasteiger charge is 2.24. The van der Waals surface area contributed by atoms with E-state index in [4.69, 9.17) is 16.3 Å². The van der Waals surface area contributed by atoms with E-state index in [1.54, 1.807) is 43.0 Å². The molecule has 1 amide bonds. The van der Waals surface area contributed by atoms with Crippen LogP contribution in [0.5, 0.6) is 5.75 Å². The molecule has 0 unspecified atom stereocenters. The Morgan fingerprint density at radius 3 is 2.53 bits per heavy atom. The Kier molecular flexibility index (Phi) is 5.30. The fourth-order valence-electron chi connectivity index (χ4n) is 4.01. The van der Waals surface area contributed by atoms with E-state index in [0.717, 1.165) is 11.6 Å². The third kappa shape index (κ3) is 3.48. The van der Waals surface area contributed by atoms with Crippen LogP contribution in [0.25, 0.3) is 27.5 Å². The smallest absolute Gasteiger partial charge is 0.296 e. The van der Waals surface area contributed by atoms with E-state index in [-0.39, 0.29) is 22.0 Å². The molecule has 2 heterocycles. The van der Waals surface area contributed by atoms with Gasteiger partial charge in [0.1, 0.15) is 17.1 Å². The molecule has 3 aromatic carbocycles. The van der Waals surface area contributed by atoms with Crippen molar-refractivity contribution in [2.24, 2.45) is 7.05 Å². The van der Waals surface area contributed by atoms with Crippen LogP contribution in [0.3, 0.4) is 0 Å². The number of rotatable bonds is 4. The summed E-state index contributed by atoms with van der Waals surface area (Å²) >= 11 is 6.11. The average Bonchev–Trinajstić information content (AvgIpc) is 3.14. The van der Waals surface area contributed by atoms with Gasteiger partial charge in [-0.3, -0.25) is 9.59 Å². The molecule has 5 aromatic rings. The summed E-state index contributed by atoms with van der Waals surface area (Å²) in [5.74, 6) is -0.492. The summed E-state index contributed by atoms with van der Waals surface area (Å²) in [4.78, 5) is 27.0. The summed E-state index contributed by atoms with van der Waals surface area (Å²) in [6.45, 7) is 0. The summed E-state index contributed by atoms with van der Waals surface area (Å²) < 4.78 is 21.6. The summed E-state index contributed by atoms with van der Waals surface area (Å²) in [7, 11) is 3.31. The molecule has 0 saturated carbocycles.